The first kappa shape index (κ1) is 10.6. The van der Waals surface area contributed by atoms with Gasteiger partial charge in [-0.15, -0.1) is 0 Å². The van der Waals surface area contributed by atoms with Gasteiger partial charge in [0, 0.05) is 11.8 Å². The van der Waals surface area contributed by atoms with Crippen LogP contribution in [0.4, 0.5) is 5.69 Å². The summed E-state index contributed by atoms with van der Waals surface area (Å²) < 4.78 is 0. The van der Waals surface area contributed by atoms with Gasteiger partial charge in [0.2, 0.25) is 0 Å². The van der Waals surface area contributed by atoms with Crippen LogP contribution in [0, 0.1) is 17.0 Å². The third-order valence-corrected chi connectivity index (χ3v) is 2.18. The van der Waals surface area contributed by atoms with Crippen LogP contribution in [-0.2, 0) is 0 Å². The summed E-state index contributed by atoms with van der Waals surface area (Å²) in [5.41, 5.74) is 1.23. The molecule has 0 saturated heterocycles. The summed E-state index contributed by atoms with van der Waals surface area (Å²) in [4.78, 5) is 14.4. The Morgan fingerprint density at radius 3 is 2.79 bits per heavy atom. The predicted molar refractivity (Wildman–Crippen MR) is 53.1 cm³/mol. The second kappa shape index (κ2) is 4.15. The molecule has 5 nitrogen and oxygen atoms in total. The molecular weight excluding hydrogens is 182 g/mol. The van der Waals surface area contributed by atoms with Crippen molar-refractivity contribution in [1.82, 2.24) is 10.3 Å². The molecule has 1 heterocycles. The van der Waals surface area contributed by atoms with Crippen molar-refractivity contribution in [2.24, 2.45) is 0 Å². The van der Waals surface area contributed by atoms with Crippen LogP contribution in [0.2, 0.25) is 0 Å². The van der Waals surface area contributed by atoms with Crippen LogP contribution >= 0.6 is 0 Å². The Bertz CT molecular complexity index is 352. The number of pyridine rings is 1. The molecule has 0 saturated carbocycles. The Hall–Kier alpha value is -1.49. The Morgan fingerprint density at radius 1 is 1.64 bits per heavy atom. The van der Waals surface area contributed by atoms with Gasteiger partial charge in [-0.2, -0.15) is 0 Å². The molecule has 1 aromatic rings. The molecule has 0 aromatic carbocycles. The van der Waals surface area contributed by atoms with E-state index in [4.69, 9.17) is 0 Å². The molecular formula is C9H13N3O2. The number of rotatable bonds is 3. The zero-order valence-corrected chi connectivity index (χ0v) is 8.44. The molecule has 0 aliphatic rings. The Labute approximate surface area is 82.3 Å². The lowest BCUT2D eigenvalue weighted by molar-refractivity contribution is -0.386. The molecule has 5 heteroatoms. The highest BCUT2D eigenvalue weighted by atomic mass is 16.6. The smallest absolute Gasteiger partial charge is 0.295 e. The summed E-state index contributed by atoms with van der Waals surface area (Å²) in [6, 6.07) is 1.53. The molecule has 0 amide bonds. The van der Waals surface area contributed by atoms with Gasteiger partial charge in [-0.05, 0) is 27.0 Å². The quantitative estimate of drug-likeness (QED) is 0.587. The maximum absolute atomic E-state index is 10.8. The summed E-state index contributed by atoms with van der Waals surface area (Å²) in [6.07, 6.45) is 1.59. The number of nitrogens with zero attached hydrogens (tertiary/aromatic N) is 2. The van der Waals surface area contributed by atoms with Crippen LogP contribution < -0.4 is 5.32 Å². The lowest BCUT2D eigenvalue weighted by atomic mass is 10.1. The molecule has 0 radical (unpaired) electrons. The number of hydrogen-bond donors (Lipinski definition) is 1. The molecule has 1 rings (SSSR count). The van der Waals surface area contributed by atoms with Crippen LogP contribution in [-0.4, -0.2) is 17.0 Å². The highest BCUT2D eigenvalue weighted by Crippen LogP contribution is 2.25. The zero-order valence-electron chi connectivity index (χ0n) is 8.44. The highest BCUT2D eigenvalue weighted by molar-refractivity contribution is 5.44. The molecule has 0 aliphatic heterocycles. The van der Waals surface area contributed by atoms with Gasteiger partial charge < -0.3 is 5.32 Å². The maximum Gasteiger partial charge on any atom is 0.295 e. The summed E-state index contributed by atoms with van der Waals surface area (Å²) >= 11 is 0. The average Bonchev–Trinajstić information content (AvgIpc) is 2.15. The second-order valence-electron chi connectivity index (χ2n) is 3.13. The average molecular weight is 195 g/mol. The Morgan fingerprint density at radius 2 is 2.29 bits per heavy atom. The van der Waals surface area contributed by atoms with E-state index in [9.17, 15) is 10.1 Å². The summed E-state index contributed by atoms with van der Waals surface area (Å²) in [5.74, 6) is 0. The molecule has 1 N–H and O–H groups in total. The van der Waals surface area contributed by atoms with Crippen LogP contribution in [0.1, 0.15) is 24.2 Å². The maximum atomic E-state index is 10.8. The summed E-state index contributed by atoms with van der Waals surface area (Å²) in [7, 11) is 1.75. The van der Waals surface area contributed by atoms with E-state index < -0.39 is 0 Å². The number of nitro groups is 1. The summed E-state index contributed by atoms with van der Waals surface area (Å²) in [6.45, 7) is 3.56. The van der Waals surface area contributed by atoms with Gasteiger partial charge in [-0.3, -0.25) is 15.1 Å². The fourth-order valence-corrected chi connectivity index (χ4v) is 1.26. The number of aromatic nitrogens is 1. The van der Waals surface area contributed by atoms with Gasteiger partial charge in [0.1, 0.15) is 5.69 Å². The topological polar surface area (TPSA) is 68.1 Å². The van der Waals surface area contributed by atoms with Gasteiger partial charge in [0.25, 0.3) is 5.69 Å². The van der Waals surface area contributed by atoms with Crippen molar-refractivity contribution in [2.45, 2.75) is 19.9 Å². The van der Waals surface area contributed by atoms with Crippen molar-refractivity contribution in [3.8, 4) is 0 Å². The van der Waals surface area contributed by atoms with Crippen molar-refractivity contribution in [2.75, 3.05) is 7.05 Å². The predicted octanol–water partition coefficient (Wildman–Crippen LogP) is 1.58. The van der Waals surface area contributed by atoms with Crippen molar-refractivity contribution >= 4 is 5.69 Å². The Balaban J connectivity index is 3.28. The van der Waals surface area contributed by atoms with E-state index in [2.05, 4.69) is 10.3 Å². The molecule has 0 spiro atoms. The second-order valence-corrected chi connectivity index (χ2v) is 3.13. The van der Waals surface area contributed by atoms with Crippen molar-refractivity contribution in [3.05, 3.63) is 33.6 Å². The van der Waals surface area contributed by atoms with Crippen LogP contribution in [0.3, 0.4) is 0 Å². The fraction of sp³-hybridized carbons (Fsp3) is 0.444. The lowest BCUT2D eigenvalue weighted by Crippen LogP contribution is -2.16. The van der Waals surface area contributed by atoms with E-state index in [1.165, 1.54) is 0 Å². The largest absolute Gasteiger partial charge is 0.312 e. The van der Waals surface area contributed by atoms with Crippen molar-refractivity contribution in [3.63, 3.8) is 0 Å². The third kappa shape index (κ3) is 1.88. The summed E-state index contributed by atoms with van der Waals surface area (Å²) in [5, 5.41) is 13.7. The molecule has 76 valence electrons. The molecule has 0 bridgehead atoms. The minimum Gasteiger partial charge on any atom is -0.312 e. The fourth-order valence-electron chi connectivity index (χ4n) is 1.26. The lowest BCUT2D eigenvalue weighted by Gasteiger charge is -2.10. The number of nitrogens with one attached hydrogen (secondary N) is 1. The van der Waals surface area contributed by atoms with E-state index in [0.717, 1.165) is 0 Å². The molecule has 0 fully saturated rings. The van der Waals surface area contributed by atoms with Crippen LogP contribution in [0.5, 0.6) is 0 Å². The van der Waals surface area contributed by atoms with Crippen LogP contribution in [0.15, 0.2) is 12.3 Å². The third-order valence-electron chi connectivity index (χ3n) is 2.18. The van der Waals surface area contributed by atoms with E-state index in [1.54, 1.807) is 26.2 Å². The van der Waals surface area contributed by atoms with E-state index in [0.29, 0.717) is 11.3 Å². The molecule has 0 aliphatic carbocycles. The van der Waals surface area contributed by atoms with Gasteiger partial charge in [0.05, 0.1) is 11.0 Å². The first-order chi connectivity index (χ1) is 6.57. The van der Waals surface area contributed by atoms with Crippen molar-refractivity contribution in [1.29, 1.82) is 0 Å². The molecule has 1 aromatic heterocycles. The Kier molecular flexibility index (Phi) is 3.14. The molecule has 1 unspecified atom stereocenters. The first-order valence-electron chi connectivity index (χ1n) is 4.35. The normalized spacial score (nSPS) is 12.5. The SMILES string of the molecule is CNC(C)c1nccc(C)c1[N+](=O)[O-]. The van der Waals surface area contributed by atoms with Gasteiger partial charge in [-0.25, -0.2) is 0 Å². The van der Waals surface area contributed by atoms with E-state index in [-0.39, 0.29) is 16.7 Å². The van der Waals surface area contributed by atoms with E-state index in [1.807, 2.05) is 6.92 Å². The minimum atomic E-state index is -0.383. The van der Waals surface area contributed by atoms with Gasteiger partial charge in [0.15, 0.2) is 0 Å². The highest BCUT2D eigenvalue weighted by Gasteiger charge is 2.21. The monoisotopic (exact) mass is 195 g/mol. The van der Waals surface area contributed by atoms with Crippen molar-refractivity contribution < 1.29 is 4.92 Å². The molecule has 14 heavy (non-hydrogen) atoms. The first-order valence-corrected chi connectivity index (χ1v) is 4.35. The van der Waals surface area contributed by atoms with Crippen LogP contribution in [0.25, 0.3) is 0 Å². The standard InChI is InChI=1S/C9H13N3O2/c1-6-4-5-11-8(7(2)10-3)9(6)12(13)14/h4-5,7,10H,1-3H3. The molecule has 1 atom stereocenters. The number of hydrogen-bond acceptors (Lipinski definition) is 4. The number of aryl methyl sites for hydroxylation is 1. The van der Waals surface area contributed by atoms with Gasteiger partial charge >= 0.3 is 0 Å². The van der Waals surface area contributed by atoms with E-state index >= 15 is 0 Å². The van der Waals surface area contributed by atoms with Gasteiger partial charge in [-0.1, -0.05) is 0 Å². The minimum absolute atomic E-state index is 0.106. The zero-order chi connectivity index (χ0) is 10.7.